The third-order valence-corrected chi connectivity index (χ3v) is 5.90. The summed E-state index contributed by atoms with van der Waals surface area (Å²) in [5.41, 5.74) is 1.67. The molecule has 0 N–H and O–H groups in total. The minimum atomic E-state index is -4.76. The zero-order chi connectivity index (χ0) is 25.1. The van der Waals surface area contributed by atoms with Crippen molar-refractivity contribution in [3.8, 4) is 22.6 Å². The van der Waals surface area contributed by atoms with Gasteiger partial charge in [-0.2, -0.15) is 0 Å². The number of ether oxygens (including phenoxy) is 3. The Bertz CT molecular complexity index is 1230. The average Bonchev–Trinajstić information content (AvgIpc) is 3.02. The van der Waals surface area contributed by atoms with E-state index in [1.807, 2.05) is 6.07 Å². The number of halogens is 3. The van der Waals surface area contributed by atoms with Gasteiger partial charge in [-0.1, -0.05) is 18.2 Å². The van der Waals surface area contributed by atoms with Crippen molar-refractivity contribution >= 4 is 11.7 Å². The Hall–Kier alpha value is -3.86. The number of rotatable bonds is 5. The number of benzene rings is 2. The summed E-state index contributed by atoms with van der Waals surface area (Å²) in [6.07, 6.45) is -3.08. The minimum Gasteiger partial charge on any atom is -0.491 e. The van der Waals surface area contributed by atoms with Crippen molar-refractivity contribution in [2.45, 2.75) is 12.9 Å². The molecule has 3 heterocycles. The van der Waals surface area contributed by atoms with Crippen molar-refractivity contribution in [2.24, 2.45) is 0 Å². The summed E-state index contributed by atoms with van der Waals surface area (Å²) in [7, 11) is 0. The fraction of sp³-hybridized carbons (Fsp3) is 0.320. The van der Waals surface area contributed by atoms with Crippen molar-refractivity contribution in [1.29, 1.82) is 0 Å². The van der Waals surface area contributed by atoms with E-state index < -0.39 is 6.36 Å². The monoisotopic (exact) mass is 500 g/mol. The number of hydrogen-bond acceptors (Lipinski definition) is 7. The van der Waals surface area contributed by atoms with Gasteiger partial charge in [0, 0.05) is 19.3 Å². The van der Waals surface area contributed by atoms with Gasteiger partial charge in [0.1, 0.15) is 29.7 Å². The van der Waals surface area contributed by atoms with Gasteiger partial charge >= 0.3 is 6.36 Å². The number of anilines is 1. The van der Waals surface area contributed by atoms with Crippen LogP contribution in [0.1, 0.15) is 16.2 Å². The largest absolute Gasteiger partial charge is 0.573 e. The van der Waals surface area contributed by atoms with Crippen LogP contribution in [0.15, 0.2) is 54.7 Å². The van der Waals surface area contributed by atoms with E-state index in [-0.39, 0.29) is 18.2 Å². The van der Waals surface area contributed by atoms with Crippen molar-refractivity contribution in [3.05, 3.63) is 66.1 Å². The molecule has 36 heavy (non-hydrogen) atoms. The molecule has 0 saturated carbocycles. The van der Waals surface area contributed by atoms with Crippen LogP contribution >= 0.6 is 0 Å². The Balaban J connectivity index is 1.35. The number of aromatic nitrogens is 2. The average molecular weight is 500 g/mol. The maximum absolute atomic E-state index is 13.4. The second-order valence-electron chi connectivity index (χ2n) is 8.29. The van der Waals surface area contributed by atoms with Crippen molar-refractivity contribution in [1.82, 2.24) is 14.9 Å². The first kappa shape index (κ1) is 23.9. The molecule has 2 aliphatic rings. The van der Waals surface area contributed by atoms with Crippen LogP contribution < -0.4 is 14.4 Å². The highest BCUT2D eigenvalue weighted by atomic mass is 19.4. The minimum absolute atomic E-state index is 0.216. The topological polar surface area (TPSA) is 77.0 Å². The van der Waals surface area contributed by atoms with E-state index in [0.717, 1.165) is 18.9 Å². The molecule has 0 aliphatic carbocycles. The normalized spacial score (nSPS) is 16.2. The molecule has 0 unspecified atom stereocenters. The lowest BCUT2D eigenvalue weighted by atomic mass is 10.0. The van der Waals surface area contributed by atoms with E-state index >= 15 is 0 Å². The Morgan fingerprint density at radius 1 is 0.944 bits per heavy atom. The molecule has 1 saturated heterocycles. The van der Waals surface area contributed by atoms with Gasteiger partial charge in [-0.05, 0) is 41.5 Å². The van der Waals surface area contributed by atoms with Gasteiger partial charge in [0.15, 0.2) is 0 Å². The highest BCUT2D eigenvalue weighted by Gasteiger charge is 2.31. The number of alkyl halides is 3. The van der Waals surface area contributed by atoms with E-state index in [1.54, 1.807) is 29.3 Å². The molecule has 5 rings (SSSR count). The van der Waals surface area contributed by atoms with E-state index in [0.29, 0.717) is 54.6 Å². The summed E-state index contributed by atoms with van der Waals surface area (Å²) in [4.78, 5) is 26.2. The third kappa shape index (κ3) is 5.51. The molecule has 188 valence electrons. The summed E-state index contributed by atoms with van der Waals surface area (Å²) in [5, 5.41) is 0. The number of fused-ring (bicyclic) bond motifs is 1. The SMILES string of the molecule is O=C1c2cc(-c3ccc(OC(F)(F)F)cc3)ccc2OCCN1Cc1nccc(N2CCOCC2)n1. The smallest absolute Gasteiger partial charge is 0.491 e. The van der Waals surface area contributed by atoms with Gasteiger partial charge in [-0.25, -0.2) is 9.97 Å². The molecule has 0 atom stereocenters. The maximum Gasteiger partial charge on any atom is 0.573 e. The van der Waals surface area contributed by atoms with Gasteiger partial charge < -0.3 is 24.0 Å². The molecular weight excluding hydrogens is 477 g/mol. The molecule has 1 aromatic heterocycles. The number of carbonyl (C=O) groups is 1. The predicted molar refractivity (Wildman–Crippen MR) is 124 cm³/mol. The molecule has 0 spiro atoms. The summed E-state index contributed by atoms with van der Waals surface area (Å²) < 4.78 is 52.5. The standard InChI is InChI=1S/C25H23F3N4O4/c26-25(27,28)36-19-4-1-17(2-5-19)18-3-6-21-20(15-18)24(33)32(11-14-35-21)16-22-29-8-7-23(30-22)31-9-12-34-13-10-31/h1-8,15H,9-14,16H2. The quantitative estimate of drug-likeness (QED) is 0.526. The molecule has 2 aromatic carbocycles. The molecule has 8 nitrogen and oxygen atoms in total. The Kier molecular flexibility index (Phi) is 6.64. The zero-order valence-corrected chi connectivity index (χ0v) is 19.2. The van der Waals surface area contributed by atoms with Crippen LogP contribution in [0.2, 0.25) is 0 Å². The van der Waals surface area contributed by atoms with Crippen molar-refractivity contribution in [3.63, 3.8) is 0 Å². The maximum atomic E-state index is 13.4. The van der Waals surface area contributed by atoms with Crippen LogP contribution in [0, 0.1) is 0 Å². The van der Waals surface area contributed by atoms with Crippen LogP contribution in [0.5, 0.6) is 11.5 Å². The number of carbonyl (C=O) groups excluding carboxylic acids is 1. The van der Waals surface area contributed by atoms with E-state index in [4.69, 9.17) is 9.47 Å². The van der Waals surface area contributed by atoms with Crippen molar-refractivity contribution < 1.29 is 32.2 Å². The van der Waals surface area contributed by atoms with Gasteiger partial charge in [-0.3, -0.25) is 4.79 Å². The number of amides is 1. The Morgan fingerprint density at radius 3 is 2.44 bits per heavy atom. The van der Waals surface area contributed by atoms with Crippen LogP contribution in [0.3, 0.4) is 0 Å². The van der Waals surface area contributed by atoms with Gasteiger partial charge in [0.25, 0.3) is 5.91 Å². The lowest BCUT2D eigenvalue weighted by Gasteiger charge is -2.28. The van der Waals surface area contributed by atoms with Crippen molar-refractivity contribution in [2.75, 3.05) is 44.4 Å². The first-order chi connectivity index (χ1) is 17.4. The molecule has 0 bridgehead atoms. The van der Waals surface area contributed by atoms with Crippen LogP contribution in [0.25, 0.3) is 11.1 Å². The number of morpholine rings is 1. The lowest BCUT2D eigenvalue weighted by Crippen LogP contribution is -2.37. The molecule has 11 heteroatoms. The Labute approximate surface area is 205 Å². The van der Waals surface area contributed by atoms with Crippen LogP contribution in [-0.2, 0) is 11.3 Å². The third-order valence-electron chi connectivity index (χ3n) is 5.90. The fourth-order valence-electron chi connectivity index (χ4n) is 4.14. The number of hydrogen-bond donors (Lipinski definition) is 0. The van der Waals surface area contributed by atoms with E-state index in [2.05, 4.69) is 19.6 Å². The molecule has 1 fully saturated rings. The van der Waals surface area contributed by atoms with Crippen LogP contribution in [-0.4, -0.2) is 66.6 Å². The molecular formula is C25H23F3N4O4. The zero-order valence-electron chi connectivity index (χ0n) is 19.2. The van der Waals surface area contributed by atoms with Gasteiger partial charge in [0.2, 0.25) is 0 Å². The van der Waals surface area contributed by atoms with Crippen LogP contribution in [0.4, 0.5) is 19.0 Å². The molecule has 2 aliphatic heterocycles. The highest BCUT2D eigenvalue weighted by Crippen LogP contribution is 2.31. The summed E-state index contributed by atoms with van der Waals surface area (Å²) in [6, 6.07) is 12.5. The Morgan fingerprint density at radius 2 is 1.69 bits per heavy atom. The highest BCUT2D eigenvalue weighted by molar-refractivity contribution is 5.98. The number of nitrogens with zero attached hydrogens (tertiary/aromatic N) is 4. The first-order valence-electron chi connectivity index (χ1n) is 11.4. The first-order valence-corrected chi connectivity index (χ1v) is 11.4. The van der Waals surface area contributed by atoms with E-state index in [9.17, 15) is 18.0 Å². The van der Waals surface area contributed by atoms with Gasteiger partial charge in [-0.15, -0.1) is 13.2 Å². The summed E-state index contributed by atoms with van der Waals surface area (Å²) in [6.45, 7) is 3.64. The van der Waals surface area contributed by atoms with Gasteiger partial charge in [0.05, 0.1) is 31.9 Å². The fourth-order valence-corrected chi connectivity index (χ4v) is 4.14. The van der Waals surface area contributed by atoms with E-state index in [1.165, 1.54) is 24.3 Å². The second kappa shape index (κ2) is 10.0. The molecule has 1 amide bonds. The summed E-state index contributed by atoms with van der Waals surface area (Å²) in [5.74, 6) is 1.22. The summed E-state index contributed by atoms with van der Waals surface area (Å²) >= 11 is 0. The molecule has 3 aromatic rings. The molecule has 0 radical (unpaired) electrons. The lowest BCUT2D eigenvalue weighted by molar-refractivity contribution is -0.274. The second-order valence-corrected chi connectivity index (χ2v) is 8.29. The predicted octanol–water partition coefficient (Wildman–Crippen LogP) is 3.91.